The molecule has 0 aliphatic heterocycles. The molecule has 2 rings (SSSR count). The van der Waals surface area contributed by atoms with E-state index in [1.54, 1.807) is 0 Å². The predicted octanol–water partition coefficient (Wildman–Crippen LogP) is 2.62. The van der Waals surface area contributed by atoms with Gasteiger partial charge in [0.05, 0.1) is 5.60 Å². The van der Waals surface area contributed by atoms with Crippen LogP contribution in [0.3, 0.4) is 0 Å². The Kier molecular flexibility index (Phi) is 3.11. The number of carbonyl (C=O) groups excluding carboxylic acids is 1. The summed E-state index contributed by atoms with van der Waals surface area (Å²) in [6, 6.07) is 7.84. The van der Waals surface area contributed by atoms with Gasteiger partial charge in [0.2, 0.25) is 0 Å². The van der Waals surface area contributed by atoms with E-state index in [-0.39, 0.29) is 5.78 Å². The first kappa shape index (κ1) is 11.1. The van der Waals surface area contributed by atoms with Gasteiger partial charge < -0.3 is 5.11 Å². The van der Waals surface area contributed by atoms with Gasteiger partial charge in [0.1, 0.15) is 5.78 Å². The molecule has 1 aliphatic carbocycles. The van der Waals surface area contributed by atoms with Crippen molar-refractivity contribution in [2.45, 2.75) is 31.3 Å². The van der Waals surface area contributed by atoms with Crippen LogP contribution in [0.2, 0.25) is 0 Å². The molecule has 0 bridgehead atoms. The van der Waals surface area contributed by atoms with E-state index in [2.05, 4.69) is 22.6 Å². The topological polar surface area (TPSA) is 37.3 Å². The van der Waals surface area contributed by atoms with Crippen molar-refractivity contribution in [1.29, 1.82) is 0 Å². The molecule has 80 valence electrons. The number of hydrogen-bond acceptors (Lipinski definition) is 2. The average molecular weight is 316 g/mol. The lowest BCUT2D eigenvalue weighted by atomic mass is 9.79. The fraction of sp³-hybridized carbons (Fsp3) is 0.417. The summed E-state index contributed by atoms with van der Waals surface area (Å²) in [6.07, 6.45) is 2.13. The van der Waals surface area contributed by atoms with E-state index < -0.39 is 5.60 Å². The van der Waals surface area contributed by atoms with Crippen molar-refractivity contribution in [3.05, 3.63) is 33.4 Å². The Bertz CT molecular complexity index is 377. The van der Waals surface area contributed by atoms with Crippen LogP contribution in [0, 0.1) is 3.57 Å². The molecule has 1 saturated carbocycles. The molecule has 0 aromatic heterocycles. The molecular weight excluding hydrogens is 303 g/mol. The van der Waals surface area contributed by atoms with Crippen molar-refractivity contribution in [2.24, 2.45) is 0 Å². The molecular formula is C12H13IO2. The van der Waals surface area contributed by atoms with Gasteiger partial charge in [-0.25, -0.2) is 0 Å². The van der Waals surface area contributed by atoms with Gasteiger partial charge in [-0.3, -0.25) is 4.79 Å². The van der Waals surface area contributed by atoms with Gasteiger partial charge in [-0.05, 0) is 47.1 Å². The molecule has 0 spiro atoms. The van der Waals surface area contributed by atoms with Gasteiger partial charge in [-0.15, -0.1) is 0 Å². The first-order valence-electron chi connectivity index (χ1n) is 5.11. The second kappa shape index (κ2) is 4.22. The summed E-state index contributed by atoms with van der Waals surface area (Å²) in [5.41, 5.74) is 0.184. The molecule has 1 fully saturated rings. The number of aliphatic hydroxyl groups is 1. The SMILES string of the molecule is O=C1CCC(O)(c2ccccc2I)CC1. The summed E-state index contributed by atoms with van der Waals surface area (Å²) in [7, 11) is 0. The first-order chi connectivity index (χ1) is 7.12. The van der Waals surface area contributed by atoms with Crippen molar-refractivity contribution in [3.8, 4) is 0 Å². The van der Waals surface area contributed by atoms with E-state index in [9.17, 15) is 9.90 Å². The van der Waals surface area contributed by atoms with Crippen LogP contribution < -0.4 is 0 Å². The molecule has 0 radical (unpaired) electrons. The third-order valence-electron chi connectivity index (χ3n) is 3.01. The number of benzene rings is 1. The number of ketones is 1. The third kappa shape index (κ3) is 2.23. The minimum atomic E-state index is -0.786. The quantitative estimate of drug-likeness (QED) is 0.809. The zero-order valence-electron chi connectivity index (χ0n) is 8.37. The molecule has 0 amide bonds. The van der Waals surface area contributed by atoms with Crippen molar-refractivity contribution in [1.82, 2.24) is 0 Å². The standard InChI is InChI=1S/C12H13IO2/c13-11-4-2-1-3-10(11)12(15)7-5-9(14)6-8-12/h1-4,15H,5-8H2. The minimum absolute atomic E-state index is 0.269. The number of rotatable bonds is 1. The molecule has 0 heterocycles. The molecule has 0 atom stereocenters. The Labute approximate surface area is 103 Å². The van der Waals surface area contributed by atoms with Gasteiger partial charge in [0.25, 0.3) is 0 Å². The molecule has 1 aromatic carbocycles. The average Bonchev–Trinajstić information content (AvgIpc) is 2.23. The maximum absolute atomic E-state index is 11.2. The summed E-state index contributed by atoms with van der Waals surface area (Å²) in [6.45, 7) is 0. The summed E-state index contributed by atoms with van der Waals surface area (Å²) in [5, 5.41) is 10.5. The van der Waals surface area contributed by atoms with Crippen LogP contribution in [0.4, 0.5) is 0 Å². The van der Waals surface area contributed by atoms with Gasteiger partial charge in [0.15, 0.2) is 0 Å². The Morgan fingerprint density at radius 3 is 2.40 bits per heavy atom. The van der Waals surface area contributed by atoms with E-state index >= 15 is 0 Å². The number of carbonyl (C=O) groups is 1. The molecule has 1 aliphatic rings. The summed E-state index contributed by atoms with van der Waals surface area (Å²) < 4.78 is 1.08. The highest BCUT2D eigenvalue weighted by molar-refractivity contribution is 14.1. The molecule has 1 N–H and O–H groups in total. The van der Waals surface area contributed by atoms with Gasteiger partial charge >= 0.3 is 0 Å². The zero-order chi connectivity index (χ0) is 10.9. The van der Waals surface area contributed by atoms with E-state index in [4.69, 9.17) is 0 Å². The van der Waals surface area contributed by atoms with Crippen molar-refractivity contribution in [2.75, 3.05) is 0 Å². The molecule has 3 heteroatoms. The third-order valence-corrected chi connectivity index (χ3v) is 3.95. The smallest absolute Gasteiger partial charge is 0.133 e. The van der Waals surface area contributed by atoms with Crippen LogP contribution in [-0.4, -0.2) is 10.9 Å². The highest BCUT2D eigenvalue weighted by atomic mass is 127. The van der Waals surface area contributed by atoms with E-state index in [1.807, 2.05) is 24.3 Å². The Morgan fingerprint density at radius 1 is 1.20 bits per heavy atom. The maximum Gasteiger partial charge on any atom is 0.133 e. The molecule has 2 nitrogen and oxygen atoms in total. The maximum atomic E-state index is 11.2. The molecule has 15 heavy (non-hydrogen) atoms. The van der Waals surface area contributed by atoms with Crippen LogP contribution >= 0.6 is 22.6 Å². The summed E-state index contributed by atoms with van der Waals surface area (Å²) >= 11 is 2.23. The largest absolute Gasteiger partial charge is 0.385 e. The lowest BCUT2D eigenvalue weighted by molar-refractivity contribution is -0.125. The molecule has 1 aromatic rings. The predicted molar refractivity (Wildman–Crippen MR) is 66.5 cm³/mol. The highest BCUT2D eigenvalue weighted by Gasteiger charge is 2.35. The van der Waals surface area contributed by atoms with Crippen molar-refractivity contribution < 1.29 is 9.90 Å². The van der Waals surface area contributed by atoms with E-state index in [1.165, 1.54) is 0 Å². The lowest BCUT2D eigenvalue weighted by Crippen LogP contribution is -2.32. The number of Topliss-reactive ketones (excluding diaryl/α,β-unsaturated/α-hetero) is 1. The van der Waals surface area contributed by atoms with E-state index in [0.29, 0.717) is 25.7 Å². The lowest BCUT2D eigenvalue weighted by Gasteiger charge is -2.32. The zero-order valence-corrected chi connectivity index (χ0v) is 10.5. The van der Waals surface area contributed by atoms with Gasteiger partial charge in [-0.1, -0.05) is 18.2 Å². The Balaban J connectivity index is 2.30. The molecule has 0 unspecified atom stereocenters. The fourth-order valence-corrected chi connectivity index (χ4v) is 2.94. The van der Waals surface area contributed by atoms with Crippen LogP contribution in [0.15, 0.2) is 24.3 Å². The Hall–Kier alpha value is -0.420. The van der Waals surface area contributed by atoms with Gasteiger partial charge in [0, 0.05) is 16.4 Å². The number of hydrogen-bond donors (Lipinski definition) is 1. The fourth-order valence-electron chi connectivity index (χ4n) is 2.05. The van der Waals surface area contributed by atoms with Gasteiger partial charge in [-0.2, -0.15) is 0 Å². The minimum Gasteiger partial charge on any atom is -0.385 e. The highest BCUT2D eigenvalue weighted by Crippen LogP contribution is 2.37. The number of halogens is 1. The second-order valence-electron chi connectivity index (χ2n) is 4.05. The van der Waals surface area contributed by atoms with Crippen molar-refractivity contribution >= 4 is 28.4 Å². The monoisotopic (exact) mass is 316 g/mol. The first-order valence-corrected chi connectivity index (χ1v) is 6.19. The second-order valence-corrected chi connectivity index (χ2v) is 5.21. The summed E-state index contributed by atoms with van der Waals surface area (Å²) in [5.74, 6) is 0.269. The summed E-state index contributed by atoms with van der Waals surface area (Å²) in [4.78, 5) is 11.2. The normalized spacial score (nSPS) is 20.3. The van der Waals surface area contributed by atoms with Crippen LogP contribution in [0.5, 0.6) is 0 Å². The van der Waals surface area contributed by atoms with E-state index in [0.717, 1.165) is 9.13 Å². The molecule has 0 saturated heterocycles. The van der Waals surface area contributed by atoms with Crippen LogP contribution in [0.1, 0.15) is 31.2 Å². The van der Waals surface area contributed by atoms with Crippen LogP contribution in [0.25, 0.3) is 0 Å². The van der Waals surface area contributed by atoms with Crippen LogP contribution in [-0.2, 0) is 10.4 Å². The van der Waals surface area contributed by atoms with Crippen molar-refractivity contribution in [3.63, 3.8) is 0 Å². The Morgan fingerprint density at radius 2 is 1.80 bits per heavy atom.